The van der Waals surface area contributed by atoms with Crippen LogP contribution in [0.1, 0.15) is 29.3 Å². The summed E-state index contributed by atoms with van der Waals surface area (Å²) in [5.41, 5.74) is 1.74. The Kier molecular flexibility index (Phi) is 6.22. The average Bonchev–Trinajstić information content (AvgIpc) is 2.28. The number of hydrogen-bond donors (Lipinski definition) is 2. The molecule has 0 aliphatic carbocycles. The molecular formula is C13H19BrN2O. The van der Waals surface area contributed by atoms with E-state index < -0.39 is 0 Å². The average molecular weight is 299 g/mol. The Balaban J connectivity index is 2.42. The van der Waals surface area contributed by atoms with Crippen LogP contribution in [0.25, 0.3) is 0 Å². The number of rotatable bonds is 6. The highest BCUT2D eigenvalue weighted by molar-refractivity contribution is 9.10. The summed E-state index contributed by atoms with van der Waals surface area (Å²) in [6.45, 7) is 6.64. The van der Waals surface area contributed by atoms with Gasteiger partial charge in [-0.3, -0.25) is 4.79 Å². The third kappa shape index (κ3) is 4.88. The minimum atomic E-state index is 0.00602. The molecule has 0 aliphatic rings. The first-order chi connectivity index (χ1) is 8.15. The summed E-state index contributed by atoms with van der Waals surface area (Å²) in [6, 6.07) is 5.69. The lowest BCUT2D eigenvalue weighted by Crippen LogP contribution is -2.27. The standard InChI is InChI=1S/C13H19BrN2O/c1-3-15-7-4-8-16-13(17)12-6-5-11(14)9-10(12)2/h5-6,9,15H,3-4,7-8H2,1-2H3,(H,16,17). The molecule has 1 aromatic rings. The summed E-state index contributed by atoms with van der Waals surface area (Å²) < 4.78 is 0.999. The normalized spacial score (nSPS) is 10.3. The van der Waals surface area contributed by atoms with Gasteiger partial charge < -0.3 is 10.6 Å². The van der Waals surface area contributed by atoms with Gasteiger partial charge in [-0.05, 0) is 50.2 Å². The van der Waals surface area contributed by atoms with Crippen LogP contribution in [0.3, 0.4) is 0 Å². The van der Waals surface area contributed by atoms with Gasteiger partial charge in [-0.25, -0.2) is 0 Å². The lowest BCUT2D eigenvalue weighted by Gasteiger charge is -2.08. The summed E-state index contributed by atoms with van der Waals surface area (Å²) in [5, 5.41) is 6.15. The first kappa shape index (κ1) is 14.2. The van der Waals surface area contributed by atoms with Gasteiger partial charge >= 0.3 is 0 Å². The number of carbonyl (C=O) groups is 1. The zero-order chi connectivity index (χ0) is 12.7. The predicted molar refractivity (Wildman–Crippen MR) is 74.4 cm³/mol. The molecule has 1 amide bonds. The second-order valence-corrected chi connectivity index (χ2v) is 4.84. The number of amides is 1. The molecule has 0 fully saturated rings. The maximum Gasteiger partial charge on any atom is 0.251 e. The number of aryl methyl sites for hydroxylation is 1. The fourth-order valence-electron chi connectivity index (χ4n) is 1.57. The van der Waals surface area contributed by atoms with Gasteiger partial charge in [0, 0.05) is 16.6 Å². The van der Waals surface area contributed by atoms with E-state index in [4.69, 9.17) is 0 Å². The third-order valence-corrected chi connectivity index (χ3v) is 2.99. The van der Waals surface area contributed by atoms with Gasteiger partial charge in [-0.1, -0.05) is 22.9 Å². The van der Waals surface area contributed by atoms with Gasteiger partial charge in [0.1, 0.15) is 0 Å². The zero-order valence-electron chi connectivity index (χ0n) is 10.3. The summed E-state index contributed by atoms with van der Waals surface area (Å²) in [7, 11) is 0. The van der Waals surface area contributed by atoms with E-state index in [1.807, 2.05) is 25.1 Å². The molecule has 0 radical (unpaired) electrons. The number of hydrogen-bond acceptors (Lipinski definition) is 2. The van der Waals surface area contributed by atoms with E-state index in [-0.39, 0.29) is 5.91 Å². The van der Waals surface area contributed by atoms with Crippen molar-refractivity contribution in [2.75, 3.05) is 19.6 Å². The van der Waals surface area contributed by atoms with Crippen LogP contribution in [-0.4, -0.2) is 25.5 Å². The molecule has 0 heterocycles. The van der Waals surface area contributed by atoms with E-state index in [2.05, 4.69) is 33.5 Å². The molecule has 0 saturated heterocycles. The minimum absolute atomic E-state index is 0.00602. The topological polar surface area (TPSA) is 41.1 Å². The van der Waals surface area contributed by atoms with Crippen LogP contribution in [-0.2, 0) is 0 Å². The van der Waals surface area contributed by atoms with E-state index in [1.165, 1.54) is 0 Å². The smallest absolute Gasteiger partial charge is 0.251 e. The highest BCUT2D eigenvalue weighted by Crippen LogP contribution is 2.15. The van der Waals surface area contributed by atoms with Crippen LogP contribution in [0.2, 0.25) is 0 Å². The molecule has 0 unspecified atom stereocenters. The van der Waals surface area contributed by atoms with Crippen molar-refractivity contribution in [2.24, 2.45) is 0 Å². The van der Waals surface area contributed by atoms with E-state index in [0.717, 1.165) is 35.1 Å². The van der Waals surface area contributed by atoms with Crippen LogP contribution in [0.4, 0.5) is 0 Å². The molecule has 0 atom stereocenters. The zero-order valence-corrected chi connectivity index (χ0v) is 11.9. The first-order valence-electron chi connectivity index (χ1n) is 5.90. The van der Waals surface area contributed by atoms with Crippen LogP contribution in [0, 0.1) is 6.92 Å². The maximum absolute atomic E-state index is 11.9. The van der Waals surface area contributed by atoms with E-state index >= 15 is 0 Å². The highest BCUT2D eigenvalue weighted by atomic mass is 79.9. The molecule has 0 spiro atoms. The minimum Gasteiger partial charge on any atom is -0.352 e. The maximum atomic E-state index is 11.9. The summed E-state index contributed by atoms with van der Waals surface area (Å²) in [5.74, 6) is 0.00602. The molecule has 1 rings (SSSR count). The fourth-order valence-corrected chi connectivity index (χ4v) is 2.04. The number of nitrogens with one attached hydrogen (secondary N) is 2. The molecule has 0 aliphatic heterocycles. The van der Waals surface area contributed by atoms with Crippen LogP contribution in [0.5, 0.6) is 0 Å². The molecule has 3 nitrogen and oxygen atoms in total. The SMILES string of the molecule is CCNCCCNC(=O)c1ccc(Br)cc1C. The monoisotopic (exact) mass is 298 g/mol. The lowest BCUT2D eigenvalue weighted by atomic mass is 10.1. The predicted octanol–water partition coefficient (Wildman–Crippen LogP) is 2.49. The van der Waals surface area contributed by atoms with Crippen molar-refractivity contribution in [3.63, 3.8) is 0 Å². The number of carbonyl (C=O) groups excluding carboxylic acids is 1. The fraction of sp³-hybridized carbons (Fsp3) is 0.462. The first-order valence-corrected chi connectivity index (χ1v) is 6.69. The number of halogens is 1. The molecule has 0 aromatic heterocycles. The van der Waals surface area contributed by atoms with E-state index in [1.54, 1.807) is 0 Å². The van der Waals surface area contributed by atoms with Crippen LogP contribution >= 0.6 is 15.9 Å². The van der Waals surface area contributed by atoms with Crippen molar-refractivity contribution in [2.45, 2.75) is 20.3 Å². The van der Waals surface area contributed by atoms with Gasteiger partial charge in [0.25, 0.3) is 5.91 Å². The largest absolute Gasteiger partial charge is 0.352 e. The Hall–Kier alpha value is -0.870. The van der Waals surface area contributed by atoms with Crippen molar-refractivity contribution in [1.29, 1.82) is 0 Å². The second-order valence-electron chi connectivity index (χ2n) is 3.92. The summed E-state index contributed by atoms with van der Waals surface area (Å²) in [6.07, 6.45) is 0.954. The highest BCUT2D eigenvalue weighted by Gasteiger charge is 2.07. The van der Waals surface area contributed by atoms with E-state index in [0.29, 0.717) is 6.54 Å². The van der Waals surface area contributed by atoms with Crippen LogP contribution < -0.4 is 10.6 Å². The quantitative estimate of drug-likeness (QED) is 0.792. The van der Waals surface area contributed by atoms with Crippen molar-refractivity contribution in [3.8, 4) is 0 Å². The molecule has 17 heavy (non-hydrogen) atoms. The molecule has 0 saturated carbocycles. The van der Waals surface area contributed by atoms with Crippen molar-refractivity contribution in [3.05, 3.63) is 33.8 Å². The van der Waals surface area contributed by atoms with Crippen molar-refractivity contribution >= 4 is 21.8 Å². The molecule has 4 heteroatoms. The lowest BCUT2D eigenvalue weighted by molar-refractivity contribution is 0.0952. The van der Waals surface area contributed by atoms with Gasteiger partial charge in [0.15, 0.2) is 0 Å². The Morgan fingerprint density at radius 3 is 2.76 bits per heavy atom. The van der Waals surface area contributed by atoms with E-state index in [9.17, 15) is 4.79 Å². The molecule has 94 valence electrons. The Morgan fingerprint density at radius 2 is 2.12 bits per heavy atom. The third-order valence-electron chi connectivity index (χ3n) is 2.50. The molecule has 1 aromatic carbocycles. The van der Waals surface area contributed by atoms with Crippen molar-refractivity contribution < 1.29 is 4.79 Å². The Morgan fingerprint density at radius 1 is 1.35 bits per heavy atom. The van der Waals surface area contributed by atoms with Gasteiger partial charge in [-0.2, -0.15) is 0 Å². The summed E-state index contributed by atoms with van der Waals surface area (Å²) in [4.78, 5) is 11.9. The van der Waals surface area contributed by atoms with Crippen molar-refractivity contribution in [1.82, 2.24) is 10.6 Å². The summed E-state index contributed by atoms with van der Waals surface area (Å²) >= 11 is 3.39. The van der Waals surface area contributed by atoms with Crippen LogP contribution in [0.15, 0.2) is 22.7 Å². The number of benzene rings is 1. The Bertz CT molecular complexity index is 380. The molecular weight excluding hydrogens is 280 g/mol. The van der Waals surface area contributed by atoms with Gasteiger partial charge in [0.2, 0.25) is 0 Å². The molecule has 0 bridgehead atoms. The van der Waals surface area contributed by atoms with Gasteiger partial charge in [0.05, 0.1) is 0 Å². The Labute approximate surface area is 111 Å². The van der Waals surface area contributed by atoms with Gasteiger partial charge in [-0.15, -0.1) is 0 Å². The molecule has 2 N–H and O–H groups in total. The second kappa shape index (κ2) is 7.45.